The molecule has 1 aromatic heterocycles. The predicted octanol–water partition coefficient (Wildman–Crippen LogP) is 6.13. The van der Waals surface area contributed by atoms with Crippen LogP contribution < -0.4 is 30.3 Å². The lowest BCUT2D eigenvalue weighted by Gasteiger charge is -2.32. The van der Waals surface area contributed by atoms with Crippen molar-refractivity contribution in [2.75, 3.05) is 44.0 Å². The highest BCUT2D eigenvalue weighted by atomic mass is 32.2. The van der Waals surface area contributed by atoms with Crippen molar-refractivity contribution in [2.24, 2.45) is 0 Å². The molecule has 0 saturated heterocycles. The van der Waals surface area contributed by atoms with Crippen LogP contribution in [0.15, 0.2) is 54.7 Å². The quantitative estimate of drug-likeness (QED) is 0.114. The number of ether oxygens (including phenoxy) is 2. The van der Waals surface area contributed by atoms with Gasteiger partial charge in [-0.05, 0) is 73.3 Å². The number of methoxy groups -OCH3 is 1. The highest BCUT2D eigenvalue weighted by Crippen LogP contribution is 2.41. The molecule has 0 saturated carbocycles. The van der Waals surface area contributed by atoms with Crippen molar-refractivity contribution in [3.05, 3.63) is 76.9 Å². The van der Waals surface area contributed by atoms with Crippen LogP contribution in [0.4, 0.5) is 16.2 Å². The van der Waals surface area contributed by atoms with Crippen LogP contribution in [-0.4, -0.2) is 55.3 Å². The minimum Gasteiger partial charge on any atom is -0.492 e. The summed E-state index contributed by atoms with van der Waals surface area (Å²) in [4.78, 5) is 15.3. The number of urea groups is 1. The number of benzene rings is 2. The molecule has 2 amide bonds. The van der Waals surface area contributed by atoms with Gasteiger partial charge in [0.1, 0.15) is 23.2 Å². The Kier molecular flexibility index (Phi) is 10.1. The molecule has 0 radical (unpaired) electrons. The Morgan fingerprint density at radius 2 is 1.79 bits per heavy atom. The molecule has 10 nitrogen and oxygen atoms in total. The highest BCUT2D eigenvalue weighted by molar-refractivity contribution is 7.99. The van der Waals surface area contributed by atoms with Crippen LogP contribution in [-0.2, 0) is 5.41 Å². The van der Waals surface area contributed by atoms with Crippen LogP contribution in [0.5, 0.6) is 11.5 Å². The summed E-state index contributed by atoms with van der Waals surface area (Å²) in [5.41, 5.74) is 4.57. The minimum absolute atomic E-state index is 0.127. The van der Waals surface area contributed by atoms with Gasteiger partial charge in [-0.2, -0.15) is 0 Å². The van der Waals surface area contributed by atoms with Crippen LogP contribution in [0, 0.1) is 10.8 Å². The van der Waals surface area contributed by atoms with Crippen molar-refractivity contribution >= 4 is 35.2 Å². The predicted molar refractivity (Wildman–Crippen MR) is 175 cm³/mol. The second kappa shape index (κ2) is 13.6. The lowest BCUT2D eigenvalue weighted by atomic mass is 9.85. The Hall–Kier alpha value is -3.96. The van der Waals surface area contributed by atoms with Crippen LogP contribution in [0.25, 0.3) is 0 Å². The van der Waals surface area contributed by atoms with Crippen LogP contribution in [0.1, 0.15) is 62.4 Å². The number of rotatable bonds is 9. The summed E-state index contributed by atoms with van der Waals surface area (Å²) >= 11 is 1.46. The maximum Gasteiger partial charge on any atom is 0.319 e. The summed E-state index contributed by atoms with van der Waals surface area (Å²) in [6.45, 7) is 6.80. The van der Waals surface area contributed by atoms with E-state index in [1.54, 1.807) is 25.4 Å². The molecule has 1 aliphatic carbocycles. The lowest BCUT2D eigenvalue weighted by molar-refractivity contribution is 0.171. The number of carbonyl (C=O) groups excluding carboxylic acids is 1. The average molecular weight is 606 g/mol. The molecule has 2 unspecified atom stereocenters. The van der Waals surface area contributed by atoms with E-state index in [0.29, 0.717) is 42.4 Å². The molecule has 1 heterocycles. The molecule has 0 spiro atoms. The number of pyridine rings is 1. The number of carbonyl (C=O) groups is 1. The van der Waals surface area contributed by atoms with Gasteiger partial charge in [-0.25, -0.2) is 4.79 Å². The highest BCUT2D eigenvalue weighted by Gasteiger charge is 2.30. The van der Waals surface area contributed by atoms with Gasteiger partial charge in [-0.3, -0.25) is 15.4 Å². The summed E-state index contributed by atoms with van der Waals surface area (Å²) in [6, 6.07) is 14.9. The Labute approximate surface area is 258 Å². The van der Waals surface area contributed by atoms with Crippen molar-refractivity contribution < 1.29 is 14.3 Å². The van der Waals surface area contributed by atoms with Crippen LogP contribution in [0.3, 0.4) is 0 Å². The van der Waals surface area contributed by atoms with Gasteiger partial charge in [0, 0.05) is 6.26 Å². The Balaban J connectivity index is 1.54. The molecule has 2 aromatic carbocycles. The van der Waals surface area contributed by atoms with E-state index < -0.39 is 0 Å². The Bertz CT molecular complexity index is 1530. The first-order chi connectivity index (χ1) is 20.4. The normalized spacial score (nSPS) is 16.3. The molecule has 1 aliphatic rings. The van der Waals surface area contributed by atoms with Crippen molar-refractivity contribution in [2.45, 2.75) is 51.2 Å². The summed E-state index contributed by atoms with van der Waals surface area (Å²) in [5, 5.41) is 22.8. The zero-order chi connectivity index (χ0) is 31.3. The molecule has 230 valence electrons. The Morgan fingerprint density at radius 3 is 2.44 bits per heavy atom. The minimum atomic E-state index is -0.315. The van der Waals surface area contributed by atoms with Crippen molar-refractivity contribution in [3.8, 4) is 11.5 Å². The molecule has 0 bridgehead atoms. The second-order valence-electron chi connectivity index (χ2n) is 11.9. The van der Waals surface area contributed by atoms with E-state index in [0.717, 1.165) is 22.4 Å². The van der Waals surface area contributed by atoms with Gasteiger partial charge in [-0.1, -0.05) is 57.0 Å². The number of fused-ring (bicyclic) bond motifs is 1. The smallest absolute Gasteiger partial charge is 0.319 e. The third-order valence-corrected chi connectivity index (χ3v) is 7.74. The number of anilines is 2. The van der Waals surface area contributed by atoms with Crippen molar-refractivity contribution in [1.29, 1.82) is 10.8 Å². The van der Waals surface area contributed by atoms with E-state index in [4.69, 9.17) is 20.3 Å². The van der Waals surface area contributed by atoms with E-state index in [9.17, 15) is 4.79 Å². The number of likely N-dealkylation sites (N-methyl/N-ethyl adjacent to an activating group) is 1. The Morgan fingerprint density at radius 1 is 1.09 bits per heavy atom. The topological polar surface area (TPSA) is 127 Å². The summed E-state index contributed by atoms with van der Waals surface area (Å²) in [6.07, 6.45) is 4.78. The molecule has 2 atom stereocenters. The number of nitrogens with zero attached hydrogens (tertiary/aromatic N) is 2. The second-order valence-corrected chi connectivity index (χ2v) is 12.5. The van der Waals surface area contributed by atoms with Crippen LogP contribution >= 0.6 is 11.9 Å². The third-order valence-electron chi connectivity index (χ3n) is 7.32. The summed E-state index contributed by atoms with van der Waals surface area (Å²) < 4.78 is 16.9. The first kappa shape index (κ1) is 32.0. The standard InChI is InChI=1S/C32H43N7O3S/c1-32(2,3)20-16-25(30(41-6)26(17-20)37-43-7)36-31(40)35-24-13-14-27(23-11-9-8-10-22(23)24)42-21-12-15-28(33)39(18-21)29(34)19-38(4)5/h8-12,15-18,24,27,33-34,37H,13-14,19H2,1-7H3,(H2,35,36,40). The maximum atomic E-state index is 13.4. The molecule has 0 aliphatic heterocycles. The molecule has 4 rings (SSSR count). The van der Waals surface area contributed by atoms with Crippen LogP contribution in [0.2, 0.25) is 0 Å². The zero-order valence-corrected chi connectivity index (χ0v) is 26.8. The summed E-state index contributed by atoms with van der Waals surface area (Å²) in [5.74, 6) is 1.45. The molecule has 0 fully saturated rings. The average Bonchev–Trinajstić information content (AvgIpc) is 2.94. The van der Waals surface area contributed by atoms with Gasteiger partial charge >= 0.3 is 6.03 Å². The van der Waals surface area contributed by atoms with Crippen molar-refractivity contribution in [3.63, 3.8) is 0 Å². The van der Waals surface area contributed by atoms with Gasteiger partial charge < -0.3 is 29.7 Å². The molecule has 3 aromatic rings. The van der Waals surface area contributed by atoms with Gasteiger partial charge in [0.25, 0.3) is 0 Å². The molecule has 5 N–H and O–H groups in total. The van der Waals surface area contributed by atoms with Gasteiger partial charge in [0.2, 0.25) is 0 Å². The molecular weight excluding hydrogens is 562 g/mol. The fraction of sp³-hybridized carbons (Fsp3) is 0.406. The van der Waals surface area contributed by atoms with E-state index in [1.807, 2.05) is 55.6 Å². The lowest BCUT2D eigenvalue weighted by Crippen LogP contribution is -2.36. The first-order valence-corrected chi connectivity index (χ1v) is 15.5. The number of amides is 2. The monoisotopic (exact) mass is 605 g/mol. The molecule has 43 heavy (non-hydrogen) atoms. The summed E-state index contributed by atoms with van der Waals surface area (Å²) in [7, 11) is 5.38. The largest absolute Gasteiger partial charge is 0.492 e. The van der Waals surface area contributed by atoms with E-state index in [2.05, 4.69) is 42.2 Å². The van der Waals surface area contributed by atoms with E-state index >= 15 is 0 Å². The van der Waals surface area contributed by atoms with Crippen molar-refractivity contribution in [1.82, 2.24) is 14.8 Å². The fourth-order valence-corrected chi connectivity index (χ4v) is 5.59. The van der Waals surface area contributed by atoms with E-state index in [1.165, 1.54) is 16.5 Å². The molecule has 11 heteroatoms. The number of aromatic nitrogens is 1. The maximum absolute atomic E-state index is 13.4. The van der Waals surface area contributed by atoms with Gasteiger partial charge in [0.05, 0.1) is 37.3 Å². The number of nitrogens with one attached hydrogen (secondary N) is 5. The first-order valence-electron chi connectivity index (χ1n) is 14.3. The van der Waals surface area contributed by atoms with E-state index in [-0.39, 0.29) is 29.1 Å². The SMILES string of the molecule is COc1c(NSC)cc(C(C)(C)C)cc1NC(=O)NC1CCC(Oc2ccc(=N)n(C(=N)CN(C)C)c2)c2ccccc21. The zero-order valence-electron chi connectivity index (χ0n) is 26.0. The molecular formula is C32H43N7O3S. The van der Waals surface area contributed by atoms with Gasteiger partial charge in [0.15, 0.2) is 5.75 Å². The van der Waals surface area contributed by atoms with Gasteiger partial charge in [-0.15, -0.1) is 0 Å². The fourth-order valence-electron chi connectivity index (χ4n) is 5.21. The number of hydrogen-bond donors (Lipinski definition) is 5. The third kappa shape index (κ3) is 7.71. The number of hydrogen-bond acceptors (Lipinski definition) is 8.